The predicted molar refractivity (Wildman–Crippen MR) is 421 cm³/mol. The molecule has 12 N–H and O–H groups in total. The third kappa shape index (κ3) is 58.5. The summed E-state index contributed by atoms with van der Waals surface area (Å²) in [5.41, 5.74) is 16.7. The van der Waals surface area contributed by atoms with E-state index in [9.17, 15) is 56.3 Å². The van der Waals surface area contributed by atoms with Crippen LogP contribution in [-0.4, -0.2) is 212 Å². The molecule has 1 unspecified atom stereocenters. The van der Waals surface area contributed by atoms with Gasteiger partial charge in [-0.2, -0.15) is 8.42 Å². The summed E-state index contributed by atoms with van der Waals surface area (Å²) in [4.78, 5) is 99.7. The molecule has 2 aliphatic rings. The largest absolute Gasteiger partial charge is 0.503 e. The molecule has 31 nitrogen and oxygen atoms in total. The number of ether oxygens (including phenoxy) is 4. The highest BCUT2D eigenvalue weighted by Crippen LogP contribution is 2.32. The number of nitrogens with zero attached hydrogens (tertiary/aromatic N) is 6. The number of nitrogens with one attached hydrogen (secondary N) is 6. The molecule has 0 spiro atoms. The summed E-state index contributed by atoms with van der Waals surface area (Å²) in [6, 6.07) is 5.45. The number of rotatable bonds is 25. The van der Waals surface area contributed by atoms with Crippen LogP contribution in [0.2, 0.25) is 0 Å². The van der Waals surface area contributed by atoms with Crippen molar-refractivity contribution in [3.05, 3.63) is 73.8 Å². The van der Waals surface area contributed by atoms with Crippen molar-refractivity contribution >= 4 is 52.5 Å². The normalized spacial score (nSPS) is 15.2. The molecule has 0 radical (unpaired) electrons. The molecule has 3 heterocycles. The van der Waals surface area contributed by atoms with Gasteiger partial charge in [0.2, 0.25) is 5.43 Å². The van der Waals surface area contributed by atoms with E-state index in [1.165, 1.54) is 18.3 Å². The molecule has 622 valence electrons. The van der Waals surface area contributed by atoms with Crippen LogP contribution in [0.4, 0.5) is 23.6 Å². The van der Waals surface area contributed by atoms with E-state index in [-0.39, 0.29) is 98.4 Å². The van der Waals surface area contributed by atoms with E-state index in [2.05, 4.69) is 92.6 Å². The van der Waals surface area contributed by atoms with Crippen LogP contribution >= 0.6 is 0 Å². The number of nitrogens with two attached hydrogens (primary N) is 2. The summed E-state index contributed by atoms with van der Waals surface area (Å²) in [6.45, 7) is 55.5. The van der Waals surface area contributed by atoms with Gasteiger partial charge in [-0.25, -0.2) is 23.6 Å². The first-order chi connectivity index (χ1) is 48.5. The zero-order valence-electron chi connectivity index (χ0n) is 68.9. The second kappa shape index (κ2) is 54.4. The fourth-order valence-corrected chi connectivity index (χ4v) is 9.04. The smallest absolute Gasteiger partial charge is 0.407 e. The van der Waals surface area contributed by atoms with Crippen molar-refractivity contribution in [2.45, 2.75) is 272 Å². The summed E-state index contributed by atoms with van der Waals surface area (Å²) in [7, 11) is -2.48. The van der Waals surface area contributed by atoms with Gasteiger partial charge in [0.15, 0.2) is 17.2 Å². The quantitative estimate of drug-likeness (QED) is 0.00839. The number of halogens is 1. The average molecular weight is 1550 g/mol. The fourth-order valence-electron chi connectivity index (χ4n) is 8.59. The van der Waals surface area contributed by atoms with Crippen LogP contribution in [0, 0.1) is 29.5 Å². The molecule has 1 fully saturated rings. The van der Waals surface area contributed by atoms with Gasteiger partial charge in [0.1, 0.15) is 40.7 Å². The van der Waals surface area contributed by atoms with Crippen LogP contribution in [0.15, 0.2) is 40.4 Å². The van der Waals surface area contributed by atoms with Gasteiger partial charge in [-0.15, -0.1) is 0 Å². The highest BCUT2D eigenvalue weighted by atomic mass is 32.2. The molecular weight excluding hydrogens is 1410 g/mol. The van der Waals surface area contributed by atoms with Crippen LogP contribution in [0.25, 0.3) is 10.4 Å². The number of aldehydes is 1. The molecule has 1 aromatic carbocycles. The molecule has 2 aromatic rings. The maximum atomic E-state index is 13.2. The first-order valence-electron chi connectivity index (χ1n) is 35.9. The molecule has 5 amide bonds. The summed E-state index contributed by atoms with van der Waals surface area (Å²) in [5.74, 6) is 0.135. The number of Topliss-reactive ketones (excluding diaryl/α,β-unsaturated/α-hetero) is 1. The van der Waals surface area contributed by atoms with Crippen molar-refractivity contribution in [3.63, 3.8) is 0 Å². The molecule has 0 aliphatic carbocycles. The van der Waals surface area contributed by atoms with Crippen molar-refractivity contribution in [3.8, 4) is 5.75 Å². The van der Waals surface area contributed by atoms with Crippen molar-refractivity contribution in [1.82, 2.24) is 46.3 Å². The molecule has 2 aliphatic heterocycles. The Balaban J connectivity index is -0.000000402. The molecule has 1 aromatic heterocycles. The maximum Gasteiger partial charge on any atom is 0.407 e. The zero-order valence-corrected chi connectivity index (χ0v) is 69.8. The SMILES string of the molecule is C.CC(C)C=O.CC(C)CN1C[C@@H](C)N2C(=O)c3c(O)c(=O)c(C(=O)CCc4ccc(F)cc4)cn3CC12.CC(C)CNC[C@@H](C)N.CC(C)CNC[C@@H](C)NC(=O)OC(C)(C)C.CO.C[C@H](CN)NC(=O)OC(C)(C)C.C[C@H](CN=[N+]=[N-])NC(=O)OC(C)(C)C.C[C@H](COS(C)(=O)=O)NC(=O)OC(C)(C)C. The average Bonchev–Trinajstić information content (AvgIpc) is 1.68. The lowest BCUT2D eigenvalue weighted by molar-refractivity contribution is -0.110. The highest BCUT2D eigenvalue weighted by Gasteiger charge is 2.46. The van der Waals surface area contributed by atoms with Crippen molar-refractivity contribution in [1.29, 1.82) is 0 Å². The maximum absolute atomic E-state index is 13.2. The summed E-state index contributed by atoms with van der Waals surface area (Å²) in [5, 5.41) is 37.9. The molecule has 1 saturated heterocycles. The topological polar surface area (TPSA) is 442 Å². The summed E-state index contributed by atoms with van der Waals surface area (Å²) < 4.78 is 60.7. The van der Waals surface area contributed by atoms with E-state index in [1.54, 1.807) is 77.0 Å². The monoisotopic (exact) mass is 1550 g/mol. The van der Waals surface area contributed by atoms with Crippen LogP contribution in [0.5, 0.6) is 5.75 Å². The lowest BCUT2D eigenvalue weighted by Gasteiger charge is -2.38. The molecule has 33 heteroatoms. The summed E-state index contributed by atoms with van der Waals surface area (Å²) >= 11 is 0. The van der Waals surface area contributed by atoms with Crippen LogP contribution in [-0.2, 0) is 51.0 Å². The Morgan fingerprint density at radius 3 is 1.47 bits per heavy atom. The minimum Gasteiger partial charge on any atom is -0.503 e. The standard InChI is InChI=1S/C24H28FN3O4.C12H26N2O2.C9H19NO5S.C8H16N4O2.C8H18N2O2.C7H18N2.C4H8O.CH4O.CH4/c1-14(2)10-26-11-15(3)28-20(26)13-27-12-18(22(30)23(31)21(27)24(28)32)19(29)9-6-16-4-7-17(25)8-5-16;1-9(2)7-13-8-10(3)14-11(15)16-12(4,5)6;1-7(6-14-16(5,12)13)10-8(11)15-9(2,3)4;1-6(5-10-12-9)11-7(13)14-8(2,3)4;1-6(5-9)10-7(11)12-8(2,3)4;1-6(2)4-9-5-7(3)8;1-4(2)3-5;1-2;/h4-5,7-8,12,14-15,20,31H,6,9-11,13H2,1-3H3;9-10,13H,7-8H2,1-6H3,(H,14,15);7H,6H2,1-5H3,(H,10,11);6H,5H2,1-4H3,(H,11,13);6H,5,9H2,1-4H3,(H,10,11);6-7,9H,4-5,8H2,1-3H3;3-4H,1-2H3;2H,1H3;1H4/t15-,20?;10-;7-;2*6-;7-;;;/m111111.../s1. The number of aryl methyl sites for hydroxylation is 1. The third-order valence-electron chi connectivity index (χ3n) is 12.9. The second-order valence-corrected chi connectivity index (χ2v) is 33.1. The van der Waals surface area contributed by atoms with E-state index < -0.39 is 73.8 Å². The first-order valence-corrected chi connectivity index (χ1v) is 37.7. The van der Waals surface area contributed by atoms with Gasteiger partial charge in [0.25, 0.3) is 16.0 Å². The second-order valence-electron chi connectivity index (χ2n) is 31.4. The molecule has 0 bridgehead atoms. The summed E-state index contributed by atoms with van der Waals surface area (Å²) in [6.07, 6.45) is 1.61. The van der Waals surface area contributed by atoms with Crippen LogP contribution in [0.1, 0.15) is 220 Å². The molecule has 107 heavy (non-hydrogen) atoms. The van der Waals surface area contributed by atoms with Gasteiger partial charge >= 0.3 is 24.4 Å². The number of aliphatic hydroxyl groups is 1. The number of hydrogen-bond donors (Lipinski definition) is 10. The molecule has 0 saturated carbocycles. The highest BCUT2D eigenvalue weighted by molar-refractivity contribution is 7.86. The zero-order chi connectivity index (χ0) is 83.4. The number of aromatic hydroxyl groups is 1. The molecule has 4 rings (SSSR count). The number of carbonyl (C=O) groups excluding carboxylic acids is 7. The lowest BCUT2D eigenvalue weighted by atomic mass is 10.0. The number of benzene rings is 1. The number of azide groups is 1. The Kier molecular flexibility index (Phi) is 55.1. The number of amides is 5. The van der Waals surface area contributed by atoms with Gasteiger partial charge in [-0.05, 0) is 185 Å². The van der Waals surface area contributed by atoms with Crippen molar-refractivity contribution in [2.75, 3.05) is 72.3 Å². The van der Waals surface area contributed by atoms with Gasteiger partial charge < -0.3 is 86.8 Å². The van der Waals surface area contributed by atoms with E-state index in [1.807, 2.05) is 83.1 Å². The lowest BCUT2D eigenvalue weighted by Crippen LogP contribution is -2.52. The number of pyridine rings is 1. The third-order valence-corrected chi connectivity index (χ3v) is 13.4. The van der Waals surface area contributed by atoms with Gasteiger partial charge in [0, 0.05) is 100 Å². The number of hydrogen-bond acceptors (Lipinski definition) is 23. The van der Waals surface area contributed by atoms with Gasteiger partial charge in [0.05, 0.1) is 31.0 Å². The molecule has 7 atom stereocenters. The Bertz CT molecular complexity index is 3100. The minimum atomic E-state index is -3.48. The number of ketones is 1. The Morgan fingerprint density at radius 1 is 0.682 bits per heavy atom. The van der Waals surface area contributed by atoms with Gasteiger partial charge in [-0.3, -0.25) is 23.5 Å². The van der Waals surface area contributed by atoms with E-state index in [0.717, 1.165) is 70.4 Å². The Hall–Kier alpha value is -7.23. The van der Waals surface area contributed by atoms with E-state index in [4.69, 9.17) is 41.1 Å². The predicted octanol–water partition coefficient (Wildman–Crippen LogP) is 10.4. The number of aliphatic hydroxyl groups excluding tert-OH is 1. The van der Waals surface area contributed by atoms with Crippen molar-refractivity contribution < 1.29 is 79.7 Å². The Labute approximate surface area is 639 Å². The minimum absolute atomic E-state index is 0. The first kappa shape index (κ1) is 108. The van der Waals surface area contributed by atoms with Gasteiger partial charge in [-0.1, -0.05) is 80.1 Å². The Morgan fingerprint density at radius 2 is 1.09 bits per heavy atom. The fraction of sp³-hybridized carbons (Fsp3) is 0.757. The number of alkyl carbamates (subject to hydrolysis) is 4. The van der Waals surface area contributed by atoms with Crippen LogP contribution in [0.3, 0.4) is 0 Å². The van der Waals surface area contributed by atoms with Crippen LogP contribution < -0.4 is 48.8 Å². The number of carbonyl (C=O) groups is 7. The number of aromatic nitrogens is 1. The number of fused-ring (bicyclic) bond motifs is 2. The van der Waals surface area contributed by atoms with E-state index >= 15 is 0 Å². The van der Waals surface area contributed by atoms with E-state index in [0.29, 0.717) is 31.3 Å². The van der Waals surface area contributed by atoms with Crippen molar-refractivity contribution in [2.24, 2.45) is 40.3 Å². The molecular formula is C74H141FN14O17S.